The Labute approximate surface area is 170 Å². The Balaban J connectivity index is 1.74. The largest absolute Gasteiger partial charge is 0.413 e. The minimum atomic E-state index is -0.783. The molecule has 2 amide bonds. The molecular weight excluding hydrogens is 364 g/mol. The van der Waals surface area contributed by atoms with Crippen LogP contribution in [0.5, 0.6) is 5.75 Å². The maximum absolute atomic E-state index is 13.0. The van der Waals surface area contributed by atoms with Crippen LogP contribution in [0.25, 0.3) is 0 Å². The van der Waals surface area contributed by atoms with Gasteiger partial charge in [-0.05, 0) is 43.2 Å². The first kappa shape index (κ1) is 20.1. The van der Waals surface area contributed by atoms with Crippen molar-refractivity contribution >= 4 is 17.7 Å². The predicted octanol–water partition coefficient (Wildman–Crippen LogP) is 4.64. The van der Waals surface area contributed by atoms with E-state index in [2.05, 4.69) is 10.6 Å². The van der Waals surface area contributed by atoms with E-state index in [-0.39, 0.29) is 5.91 Å². The Morgan fingerprint density at radius 3 is 2.21 bits per heavy atom. The lowest BCUT2D eigenvalue weighted by atomic mass is 10.0. The highest BCUT2D eigenvalue weighted by Gasteiger charge is 2.23. The first-order chi connectivity index (χ1) is 14.0. The molecule has 5 nitrogen and oxygen atoms in total. The van der Waals surface area contributed by atoms with Crippen LogP contribution in [0.2, 0.25) is 0 Å². The predicted molar refractivity (Wildman–Crippen MR) is 114 cm³/mol. The molecule has 0 aliphatic carbocycles. The monoisotopic (exact) mass is 388 g/mol. The lowest BCUT2D eigenvalue weighted by Crippen LogP contribution is -2.46. The third kappa shape index (κ3) is 5.94. The summed E-state index contributed by atoms with van der Waals surface area (Å²) < 4.78 is 5.29. The maximum Gasteiger partial charge on any atom is 0.413 e. The molecule has 3 rings (SSSR count). The molecule has 3 aromatic rings. The molecule has 0 fully saturated rings. The zero-order valence-corrected chi connectivity index (χ0v) is 16.5. The number of aryl methyl sites for hydroxylation is 2. The van der Waals surface area contributed by atoms with Gasteiger partial charge >= 0.3 is 6.09 Å². The Kier molecular flexibility index (Phi) is 6.63. The standard InChI is InChI=1S/C24H24N2O3/c1-17-13-14-21(18(2)15-17)25-23(27)22(16-19-9-5-3-6-10-19)26-24(28)29-20-11-7-4-8-12-20/h3-15,22H,16H2,1-2H3,(H,25,27)(H,26,28)/t22-/m1/s1. The summed E-state index contributed by atoms with van der Waals surface area (Å²) in [6, 6.07) is 23.3. The summed E-state index contributed by atoms with van der Waals surface area (Å²) in [6.07, 6.45) is -0.325. The molecule has 0 radical (unpaired) electrons. The normalized spacial score (nSPS) is 11.4. The third-order valence-electron chi connectivity index (χ3n) is 4.48. The van der Waals surface area contributed by atoms with Crippen molar-refractivity contribution in [3.63, 3.8) is 0 Å². The van der Waals surface area contributed by atoms with E-state index >= 15 is 0 Å². The molecule has 0 spiro atoms. The molecule has 0 bridgehead atoms. The zero-order valence-electron chi connectivity index (χ0n) is 16.5. The Morgan fingerprint density at radius 1 is 0.897 bits per heavy atom. The zero-order chi connectivity index (χ0) is 20.6. The lowest BCUT2D eigenvalue weighted by molar-refractivity contribution is -0.118. The number of para-hydroxylation sites is 1. The molecule has 29 heavy (non-hydrogen) atoms. The van der Waals surface area contributed by atoms with Crippen molar-refractivity contribution in [2.45, 2.75) is 26.3 Å². The smallest absolute Gasteiger partial charge is 0.410 e. The number of rotatable bonds is 6. The summed E-state index contributed by atoms with van der Waals surface area (Å²) in [7, 11) is 0. The van der Waals surface area contributed by atoms with E-state index in [0.29, 0.717) is 12.2 Å². The van der Waals surface area contributed by atoms with E-state index < -0.39 is 12.1 Å². The Bertz CT molecular complexity index is 972. The number of amides is 2. The lowest BCUT2D eigenvalue weighted by Gasteiger charge is -2.19. The van der Waals surface area contributed by atoms with E-state index in [0.717, 1.165) is 22.4 Å². The summed E-state index contributed by atoms with van der Waals surface area (Å²) in [4.78, 5) is 25.3. The van der Waals surface area contributed by atoms with Gasteiger partial charge < -0.3 is 15.4 Å². The molecular formula is C24H24N2O3. The van der Waals surface area contributed by atoms with Crippen molar-refractivity contribution < 1.29 is 14.3 Å². The van der Waals surface area contributed by atoms with E-state index in [1.807, 2.05) is 68.4 Å². The van der Waals surface area contributed by atoms with Crippen molar-refractivity contribution in [3.8, 4) is 5.75 Å². The summed E-state index contributed by atoms with van der Waals surface area (Å²) >= 11 is 0. The molecule has 0 saturated heterocycles. The summed E-state index contributed by atoms with van der Waals surface area (Å²) in [5.74, 6) is 0.115. The fourth-order valence-electron chi connectivity index (χ4n) is 3.00. The van der Waals surface area contributed by atoms with Crippen molar-refractivity contribution in [1.82, 2.24) is 5.32 Å². The van der Waals surface area contributed by atoms with Gasteiger partial charge in [-0.25, -0.2) is 4.79 Å². The molecule has 0 aliphatic heterocycles. The number of ether oxygens (including phenoxy) is 1. The van der Waals surface area contributed by atoms with Gasteiger partial charge in [0.25, 0.3) is 0 Å². The van der Waals surface area contributed by atoms with Crippen LogP contribution in [0.4, 0.5) is 10.5 Å². The number of carbonyl (C=O) groups is 2. The Morgan fingerprint density at radius 2 is 1.55 bits per heavy atom. The van der Waals surface area contributed by atoms with Gasteiger partial charge in [-0.15, -0.1) is 0 Å². The van der Waals surface area contributed by atoms with E-state index in [9.17, 15) is 9.59 Å². The molecule has 3 aromatic carbocycles. The van der Waals surface area contributed by atoms with Crippen LogP contribution in [-0.4, -0.2) is 18.0 Å². The molecule has 148 valence electrons. The molecule has 0 heterocycles. The van der Waals surface area contributed by atoms with Crippen LogP contribution in [0.1, 0.15) is 16.7 Å². The molecule has 0 unspecified atom stereocenters. The highest BCUT2D eigenvalue weighted by molar-refractivity contribution is 5.97. The molecule has 5 heteroatoms. The van der Waals surface area contributed by atoms with E-state index in [4.69, 9.17) is 4.74 Å². The van der Waals surface area contributed by atoms with E-state index in [1.165, 1.54) is 0 Å². The topological polar surface area (TPSA) is 67.4 Å². The van der Waals surface area contributed by atoms with Crippen molar-refractivity contribution in [2.24, 2.45) is 0 Å². The number of nitrogens with one attached hydrogen (secondary N) is 2. The number of carbonyl (C=O) groups excluding carboxylic acids is 2. The number of anilines is 1. The summed E-state index contributed by atoms with van der Waals surface area (Å²) in [5, 5.41) is 5.61. The molecule has 0 aliphatic rings. The minimum absolute atomic E-state index is 0.300. The molecule has 0 aromatic heterocycles. The van der Waals surface area contributed by atoms with Crippen LogP contribution in [0, 0.1) is 13.8 Å². The first-order valence-electron chi connectivity index (χ1n) is 9.47. The van der Waals surface area contributed by atoms with Gasteiger partial charge in [-0.3, -0.25) is 4.79 Å². The highest BCUT2D eigenvalue weighted by Crippen LogP contribution is 2.17. The first-order valence-corrected chi connectivity index (χ1v) is 9.47. The third-order valence-corrected chi connectivity index (χ3v) is 4.48. The number of hydrogen-bond acceptors (Lipinski definition) is 3. The van der Waals surface area contributed by atoms with Gasteiger partial charge in [0.05, 0.1) is 0 Å². The second-order valence-electron chi connectivity index (χ2n) is 6.90. The van der Waals surface area contributed by atoms with Gasteiger partial charge in [0.2, 0.25) is 5.91 Å². The maximum atomic E-state index is 13.0. The molecule has 1 atom stereocenters. The quantitative estimate of drug-likeness (QED) is 0.646. The van der Waals surface area contributed by atoms with Crippen LogP contribution in [0.15, 0.2) is 78.9 Å². The van der Waals surface area contributed by atoms with Gasteiger partial charge in [-0.2, -0.15) is 0 Å². The second-order valence-corrected chi connectivity index (χ2v) is 6.90. The summed E-state index contributed by atoms with van der Waals surface area (Å²) in [6.45, 7) is 3.93. The van der Waals surface area contributed by atoms with E-state index in [1.54, 1.807) is 24.3 Å². The summed E-state index contributed by atoms with van der Waals surface area (Å²) in [5.41, 5.74) is 3.74. The fourth-order valence-corrected chi connectivity index (χ4v) is 3.00. The van der Waals surface area contributed by atoms with Crippen molar-refractivity contribution in [3.05, 3.63) is 95.6 Å². The Hall–Kier alpha value is -3.60. The second kappa shape index (κ2) is 9.55. The van der Waals surface area contributed by atoms with Gasteiger partial charge in [0.1, 0.15) is 11.8 Å². The minimum Gasteiger partial charge on any atom is -0.410 e. The molecule has 2 N–H and O–H groups in total. The van der Waals surface area contributed by atoms with Crippen molar-refractivity contribution in [2.75, 3.05) is 5.32 Å². The van der Waals surface area contributed by atoms with Crippen molar-refractivity contribution in [1.29, 1.82) is 0 Å². The number of benzene rings is 3. The number of hydrogen-bond donors (Lipinski definition) is 2. The highest BCUT2D eigenvalue weighted by atomic mass is 16.6. The van der Waals surface area contributed by atoms with Crippen LogP contribution < -0.4 is 15.4 Å². The average molecular weight is 388 g/mol. The van der Waals surface area contributed by atoms with Crippen LogP contribution >= 0.6 is 0 Å². The van der Waals surface area contributed by atoms with Gasteiger partial charge in [0, 0.05) is 12.1 Å². The fraction of sp³-hybridized carbons (Fsp3) is 0.167. The van der Waals surface area contributed by atoms with Crippen LogP contribution in [0.3, 0.4) is 0 Å². The SMILES string of the molecule is Cc1ccc(NC(=O)[C@@H](Cc2ccccc2)NC(=O)Oc2ccccc2)c(C)c1. The van der Waals surface area contributed by atoms with Gasteiger partial charge in [-0.1, -0.05) is 66.2 Å². The van der Waals surface area contributed by atoms with Gasteiger partial charge in [0.15, 0.2) is 0 Å². The van der Waals surface area contributed by atoms with Crippen LogP contribution in [-0.2, 0) is 11.2 Å². The average Bonchev–Trinajstić information content (AvgIpc) is 2.71. The molecule has 0 saturated carbocycles.